The van der Waals surface area contributed by atoms with Crippen molar-refractivity contribution in [1.29, 1.82) is 0 Å². The van der Waals surface area contributed by atoms with E-state index < -0.39 is 5.91 Å². The number of carbonyl (C=O) groups excluding carboxylic acids is 1. The molecule has 23 heavy (non-hydrogen) atoms. The summed E-state index contributed by atoms with van der Waals surface area (Å²) in [7, 11) is 0. The van der Waals surface area contributed by atoms with Gasteiger partial charge in [0.15, 0.2) is 5.69 Å². The molecular formula is C15H14ClN5O2. The number of nitrogens with zero attached hydrogens (tertiary/aromatic N) is 4. The van der Waals surface area contributed by atoms with E-state index in [1.165, 1.54) is 0 Å². The zero-order chi connectivity index (χ0) is 16.4. The molecule has 0 aliphatic carbocycles. The van der Waals surface area contributed by atoms with E-state index in [2.05, 4.69) is 20.6 Å². The maximum Gasteiger partial charge on any atom is 0.322 e. The minimum Gasteiger partial charge on any atom is -0.403 e. The van der Waals surface area contributed by atoms with Gasteiger partial charge in [0.05, 0.1) is 0 Å². The van der Waals surface area contributed by atoms with Crippen molar-refractivity contribution in [2.24, 2.45) is 0 Å². The van der Waals surface area contributed by atoms with Gasteiger partial charge in [0, 0.05) is 22.8 Å². The maximum atomic E-state index is 12.2. The predicted molar refractivity (Wildman–Crippen MR) is 85.3 cm³/mol. The first-order valence-corrected chi connectivity index (χ1v) is 7.40. The number of anilines is 1. The lowest BCUT2D eigenvalue weighted by atomic mass is 10.2. The molecule has 2 heterocycles. The molecule has 1 aromatic carbocycles. The second kappa shape index (κ2) is 6.21. The van der Waals surface area contributed by atoms with Crippen molar-refractivity contribution in [2.45, 2.75) is 20.4 Å². The Morgan fingerprint density at radius 1 is 1.35 bits per heavy atom. The van der Waals surface area contributed by atoms with Crippen molar-refractivity contribution in [1.82, 2.24) is 20.0 Å². The number of hydrogen-bond acceptors (Lipinski definition) is 5. The van der Waals surface area contributed by atoms with Crippen LogP contribution in [0.15, 0.2) is 34.7 Å². The zero-order valence-electron chi connectivity index (χ0n) is 12.6. The second-order valence-electron chi connectivity index (χ2n) is 4.86. The van der Waals surface area contributed by atoms with Crippen LogP contribution in [0.3, 0.4) is 0 Å². The highest BCUT2D eigenvalue weighted by Crippen LogP contribution is 2.22. The summed E-state index contributed by atoms with van der Waals surface area (Å²) in [5.41, 5.74) is 1.88. The van der Waals surface area contributed by atoms with Crippen molar-refractivity contribution in [3.63, 3.8) is 0 Å². The molecule has 0 unspecified atom stereocenters. The smallest absolute Gasteiger partial charge is 0.322 e. The maximum absolute atomic E-state index is 12.2. The lowest BCUT2D eigenvalue weighted by Gasteiger charge is -1.98. The van der Waals surface area contributed by atoms with Gasteiger partial charge in [-0.3, -0.25) is 14.8 Å². The quantitative estimate of drug-likeness (QED) is 0.793. The molecule has 7 nitrogen and oxygen atoms in total. The number of amides is 1. The first kappa shape index (κ1) is 15.2. The Labute approximate surface area is 137 Å². The van der Waals surface area contributed by atoms with Crippen LogP contribution in [0.25, 0.3) is 11.5 Å². The predicted octanol–water partition coefficient (Wildman–Crippen LogP) is 3.17. The normalized spacial score (nSPS) is 10.7. The van der Waals surface area contributed by atoms with Gasteiger partial charge in [-0.25, -0.2) is 0 Å². The minimum absolute atomic E-state index is 0.00803. The molecule has 0 aliphatic heterocycles. The molecule has 3 aromatic rings. The molecule has 0 spiro atoms. The van der Waals surface area contributed by atoms with Gasteiger partial charge >= 0.3 is 6.01 Å². The fraction of sp³-hybridized carbons (Fsp3) is 0.200. The van der Waals surface area contributed by atoms with Crippen LogP contribution in [0, 0.1) is 6.92 Å². The fourth-order valence-electron chi connectivity index (χ4n) is 2.11. The molecule has 0 saturated heterocycles. The third-order valence-electron chi connectivity index (χ3n) is 3.23. The number of benzene rings is 1. The molecule has 3 rings (SSSR count). The van der Waals surface area contributed by atoms with Crippen LogP contribution in [0.4, 0.5) is 6.01 Å². The van der Waals surface area contributed by atoms with Crippen LogP contribution in [0.1, 0.15) is 23.1 Å². The molecular weight excluding hydrogens is 318 g/mol. The van der Waals surface area contributed by atoms with E-state index in [0.717, 1.165) is 5.69 Å². The number of aryl methyl sites for hydroxylation is 2. The Morgan fingerprint density at radius 2 is 2.17 bits per heavy atom. The van der Waals surface area contributed by atoms with E-state index in [1.807, 2.05) is 13.8 Å². The number of hydrogen-bond donors (Lipinski definition) is 1. The summed E-state index contributed by atoms with van der Waals surface area (Å²) in [6, 6.07) is 8.72. The third kappa shape index (κ3) is 3.24. The molecule has 8 heteroatoms. The van der Waals surface area contributed by atoms with Crippen LogP contribution in [-0.4, -0.2) is 25.9 Å². The molecule has 118 valence electrons. The van der Waals surface area contributed by atoms with Crippen LogP contribution in [0.5, 0.6) is 0 Å². The monoisotopic (exact) mass is 331 g/mol. The summed E-state index contributed by atoms with van der Waals surface area (Å²) >= 11 is 5.93. The fourth-order valence-corrected chi connectivity index (χ4v) is 2.30. The molecule has 1 amide bonds. The SMILES string of the molecule is CCn1nc(C(=O)Nc2nnc(-c3cccc(Cl)c3)o2)cc1C. The van der Waals surface area contributed by atoms with Gasteiger partial charge in [0.25, 0.3) is 5.91 Å². The Morgan fingerprint density at radius 3 is 2.87 bits per heavy atom. The molecule has 0 saturated carbocycles. The number of nitrogens with one attached hydrogen (secondary N) is 1. The van der Waals surface area contributed by atoms with Gasteiger partial charge in [-0.2, -0.15) is 5.10 Å². The van der Waals surface area contributed by atoms with Gasteiger partial charge in [-0.1, -0.05) is 22.8 Å². The first-order chi connectivity index (χ1) is 11.1. The summed E-state index contributed by atoms with van der Waals surface area (Å²) < 4.78 is 7.17. The Hall–Kier alpha value is -2.67. The highest BCUT2D eigenvalue weighted by Gasteiger charge is 2.16. The molecule has 0 atom stereocenters. The van der Waals surface area contributed by atoms with Crippen LogP contribution >= 0.6 is 11.6 Å². The lowest BCUT2D eigenvalue weighted by Crippen LogP contribution is -2.13. The molecule has 2 aromatic heterocycles. The number of rotatable bonds is 4. The molecule has 1 N–H and O–H groups in total. The largest absolute Gasteiger partial charge is 0.403 e. The van der Waals surface area contributed by atoms with Crippen LogP contribution in [0.2, 0.25) is 5.02 Å². The summed E-state index contributed by atoms with van der Waals surface area (Å²) in [6.07, 6.45) is 0. The zero-order valence-corrected chi connectivity index (χ0v) is 13.3. The van der Waals surface area contributed by atoms with E-state index in [1.54, 1.807) is 35.0 Å². The van der Waals surface area contributed by atoms with E-state index in [9.17, 15) is 4.79 Å². The summed E-state index contributed by atoms with van der Waals surface area (Å²) in [5.74, 6) is -0.125. The summed E-state index contributed by atoms with van der Waals surface area (Å²) in [6.45, 7) is 4.53. The average molecular weight is 332 g/mol. The number of halogens is 1. The van der Waals surface area contributed by atoms with Crippen molar-refractivity contribution in [3.05, 3.63) is 46.7 Å². The van der Waals surface area contributed by atoms with Gasteiger partial charge in [0.2, 0.25) is 5.89 Å². The molecule has 0 radical (unpaired) electrons. The standard InChI is InChI=1S/C15H14ClN5O2/c1-3-21-9(2)7-12(20-21)13(22)17-15-19-18-14(23-15)10-5-4-6-11(16)8-10/h4-8H,3H2,1-2H3,(H,17,19,22). The average Bonchev–Trinajstić information content (AvgIpc) is 3.14. The van der Waals surface area contributed by atoms with Crippen LogP contribution in [-0.2, 0) is 6.54 Å². The topological polar surface area (TPSA) is 85.8 Å². The highest BCUT2D eigenvalue weighted by atomic mass is 35.5. The van der Waals surface area contributed by atoms with Gasteiger partial charge in [-0.15, -0.1) is 5.10 Å². The van der Waals surface area contributed by atoms with Crippen molar-refractivity contribution < 1.29 is 9.21 Å². The summed E-state index contributed by atoms with van der Waals surface area (Å²) in [4.78, 5) is 12.2. The second-order valence-corrected chi connectivity index (χ2v) is 5.30. The van der Waals surface area contributed by atoms with Crippen molar-refractivity contribution in [3.8, 4) is 11.5 Å². The molecule has 0 aliphatic rings. The minimum atomic E-state index is -0.401. The Bertz CT molecular complexity index is 855. The molecule has 0 bridgehead atoms. The Kier molecular flexibility index (Phi) is 4.12. The van der Waals surface area contributed by atoms with Gasteiger partial charge in [-0.05, 0) is 38.1 Å². The van der Waals surface area contributed by atoms with Crippen molar-refractivity contribution >= 4 is 23.5 Å². The van der Waals surface area contributed by atoms with E-state index in [0.29, 0.717) is 22.8 Å². The first-order valence-electron chi connectivity index (χ1n) is 7.02. The molecule has 0 fully saturated rings. The van der Waals surface area contributed by atoms with Crippen LogP contribution < -0.4 is 5.32 Å². The summed E-state index contributed by atoms with van der Waals surface area (Å²) in [5, 5.41) is 15.0. The number of carbonyl (C=O) groups is 1. The highest BCUT2D eigenvalue weighted by molar-refractivity contribution is 6.30. The van der Waals surface area contributed by atoms with Gasteiger partial charge in [0.1, 0.15) is 0 Å². The van der Waals surface area contributed by atoms with E-state index >= 15 is 0 Å². The van der Waals surface area contributed by atoms with E-state index in [-0.39, 0.29) is 11.9 Å². The lowest BCUT2D eigenvalue weighted by molar-refractivity contribution is 0.101. The Balaban J connectivity index is 1.77. The third-order valence-corrected chi connectivity index (χ3v) is 3.47. The number of aromatic nitrogens is 4. The van der Waals surface area contributed by atoms with Gasteiger partial charge < -0.3 is 4.42 Å². The van der Waals surface area contributed by atoms with E-state index in [4.69, 9.17) is 16.0 Å². The van der Waals surface area contributed by atoms with Crippen molar-refractivity contribution in [2.75, 3.05) is 5.32 Å².